The van der Waals surface area contributed by atoms with Gasteiger partial charge in [-0.1, -0.05) is 29.8 Å². The van der Waals surface area contributed by atoms with Crippen molar-refractivity contribution in [3.05, 3.63) is 58.7 Å². The van der Waals surface area contributed by atoms with E-state index >= 15 is 0 Å². The number of hydrogen-bond donors (Lipinski definition) is 2. The van der Waals surface area contributed by atoms with Gasteiger partial charge >= 0.3 is 11.8 Å². The fourth-order valence-electron chi connectivity index (χ4n) is 4.76. The highest BCUT2D eigenvalue weighted by atomic mass is 16.5. The summed E-state index contributed by atoms with van der Waals surface area (Å²) in [4.78, 5) is 29.8. The zero-order chi connectivity index (χ0) is 23.4. The van der Waals surface area contributed by atoms with Crippen molar-refractivity contribution in [2.45, 2.75) is 32.7 Å². The first kappa shape index (κ1) is 23.3. The molecular weight excluding hydrogens is 416 g/mol. The number of carbonyl (C=O) groups is 2. The van der Waals surface area contributed by atoms with Gasteiger partial charge in [0.25, 0.3) is 0 Å². The smallest absolute Gasteiger partial charge is 0.313 e. The van der Waals surface area contributed by atoms with Crippen LogP contribution in [0.2, 0.25) is 0 Å². The number of benzene rings is 2. The summed E-state index contributed by atoms with van der Waals surface area (Å²) < 4.78 is 5.54. The summed E-state index contributed by atoms with van der Waals surface area (Å²) in [5, 5.41) is 5.61. The molecule has 0 radical (unpaired) electrons. The van der Waals surface area contributed by atoms with Crippen LogP contribution in [-0.2, 0) is 20.7 Å². The molecule has 4 rings (SSSR count). The molecule has 33 heavy (non-hydrogen) atoms. The van der Waals surface area contributed by atoms with Crippen LogP contribution in [0.15, 0.2) is 36.4 Å². The van der Waals surface area contributed by atoms with Crippen LogP contribution in [0.4, 0.5) is 11.4 Å². The Morgan fingerprint density at radius 3 is 2.58 bits per heavy atom. The lowest BCUT2D eigenvalue weighted by Gasteiger charge is -2.36. The summed E-state index contributed by atoms with van der Waals surface area (Å²) in [6, 6.07) is 12.3. The van der Waals surface area contributed by atoms with Crippen molar-refractivity contribution in [2.24, 2.45) is 0 Å². The minimum absolute atomic E-state index is 0.00991. The molecular formula is C26H34N4O3. The molecule has 2 aliphatic rings. The number of ether oxygens (including phenoxy) is 1. The van der Waals surface area contributed by atoms with Crippen molar-refractivity contribution in [3.63, 3.8) is 0 Å². The third kappa shape index (κ3) is 5.54. The SMILES string of the molecule is Cc1ccc(NC(=O)C(=O)NCC(c2ccc3c(c2)CCCN3C)N2CCOCC2)c(C)c1. The van der Waals surface area contributed by atoms with Crippen LogP contribution in [0, 0.1) is 13.8 Å². The van der Waals surface area contributed by atoms with Crippen LogP contribution in [0.25, 0.3) is 0 Å². The summed E-state index contributed by atoms with van der Waals surface area (Å²) in [6.07, 6.45) is 2.21. The zero-order valence-corrected chi connectivity index (χ0v) is 19.8. The molecule has 2 amide bonds. The molecule has 7 heteroatoms. The number of amides is 2. The van der Waals surface area contributed by atoms with Gasteiger partial charge in [0.1, 0.15) is 0 Å². The van der Waals surface area contributed by atoms with Gasteiger partial charge in [-0.15, -0.1) is 0 Å². The van der Waals surface area contributed by atoms with E-state index in [-0.39, 0.29) is 6.04 Å². The number of anilines is 2. The van der Waals surface area contributed by atoms with E-state index in [0.717, 1.165) is 43.6 Å². The van der Waals surface area contributed by atoms with E-state index in [2.05, 4.69) is 45.7 Å². The Kier molecular flexibility index (Phi) is 7.30. The molecule has 1 atom stereocenters. The summed E-state index contributed by atoms with van der Waals surface area (Å²) in [5.74, 6) is -1.26. The third-order valence-corrected chi connectivity index (χ3v) is 6.62. The number of fused-ring (bicyclic) bond motifs is 1. The van der Waals surface area contributed by atoms with Gasteiger partial charge in [0.15, 0.2) is 0 Å². The maximum atomic E-state index is 12.6. The molecule has 176 valence electrons. The first-order chi connectivity index (χ1) is 15.9. The van der Waals surface area contributed by atoms with E-state index in [9.17, 15) is 9.59 Å². The second-order valence-electron chi connectivity index (χ2n) is 9.06. The second-order valence-corrected chi connectivity index (χ2v) is 9.06. The Balaban J connectivity index is 1.46. The standard InChI is InChI=1S/C26H34N4O3/c1-18-6-8-22(19(2)15-18)28-26(32)25(31)27-17-24(30-11-13-33-14-12-30)21-7-9-23-20(16-21)5-4-10-29(23)3/h6-9,15-16,24H,4-5,10-14,17H2,1-3H3,(H,27,31)(H,28,32). The molecule has 0 aromatic heterocycles. The van der Waals surface area contributed by atoms with Gasteiger partial charge in [-0.2, -0.15) is 0 Å². The van der Waals surface area contributed by atoms with Crippen molar-refractivity contribution >= 4 is 23.2 Å². The van der Waals surface area contributed by atoms with Crippen LogP contribution >= 0.6 is 0 Å². The summed E-state index contributed by atoms with van der Waals surface area (Å²) in [6.45, 7) is 8.30. The van der Waals surface area contributed by atoms with Gasteiger partial charge in [-0.3, -0.25) is 14.5 Å². The lowest BCUT2D eigenvalue weighted by atomic mass is 9.95. The molecule has 7 nitrogen and oxygen atoms in total. The largest absolute Gasteiger partial charge is 0.379 e. The number of rotatable bonds is 5. The molecule has 2 N–H and O–H groups in total. The number of aryl methyl sites for hydroxylation is 3. The van der Waals surface area contributed by atoms with Gasteiger partial charge in [0.05, 0.1) is 19.3 Å². The third-order valence-electron chi connectivity index (χ3n) is 6.62. The second kappa shape index (κ2) is 10.4. The molecule has 2 aliphatic heterocycles. The maximum Gasteiger partial charge on any atom is 0.313 e. The van der Waals surface area contributed by atoms with Gasteiger partial charge in [-0.05, 0) is 55.5 Å². The zero-order valence-electron chi connectivity index (χ0n) is 19.8. The lowest BCUT2D eigenvalue weighted by molar-refractivity contribution is -0.136. The van der Waals surface area contributed by atoms with Gasteiger partial charge in [-0.25, -0.2) is 0 Å². The van der Waals surface area contributed by atoms with Crippen LogP contribution in [0.5, 0.6) is 0 Å². The number of carbonyl (C=O) groups excluding carboxylic acids is 2. The summed E-state index contributed by atoms with van der Waals surface area (Å²) >= 11 is 0. The van der Waals surface area contributed by atoms with Crippen molar-refractivity contribution < 1.29 is 14.3 Å². The molecule has 0 saturated carbocycles. The average Bonchev–Trinajstić information content (AvgIpc) is 2.81. The molecule has 0 spiro atoms. The minimum atomic E-state index is -0.644. The molecule has 1 saturated heterocycles. The van der Waals surface area contributed by atoms with E-state index in [1.165, 1.54) is 16.8 Å². The van der Waals surface area contributed by atoms with Crippen molar-refractivity contribution in [2.75, 3.05) is 56.7 Å². The Hall–Kier alpha value is -2.90. The fraction of sp³-hybridized carbons (Fsp3) is 0.462. The van der Waals surface area contributed by atoms with E-state index in [0.29, 0.717) is 25.4 Å². The van der Waals surface area contributed by atoms with Crippen LogP contribution < -0.4 is 15.5 Å². The van der Waals surface area contributed by atoms with Crippen LogP contribution in [0.3, 0.4) is 0 Å². The highest BCUT2D eigenvalue weighted by molar-refractivity contribution is 6.39. The number of hydrogen-bond acceptors (Lipinski definition) is 5. The predicted molar refractivity (Wildman–Crippen MR) is 131 cm³/mol. The Morgan fingerprint density at radius 1 is 1.03 bits per heavy atom. The summed E-state index contributed by atoms with van der Waals surface area (Å²) in [7, 11) is 2.13. The molecule has 2 aromatic rings. The number of nitrogens with one attached hydrogen (secondary N) is 2. The Labute approximate surface area is 196 Å². The first-order valence-electron chi connectivity index (χ1n) is 11.7. The van der Waals surface area contributed by atoms with E-state index in [1.54, 1.807) is 0 Å². The van der Waals surface area contributed by atoms with Crippen molar-refractivity contribution in [1.29, 1.82) is 0 Å². The Morgan fingerprint density at radius 2 is 1.82 bits per heavy atom. The highest BCUT2D eigenvalue weighted by Gasteiger charge is 2.26. The minimum Gasteiger partial charge on any atom is -0.379 e. The Bertz CT molecular complexity index is 1020. The van der Waals surface area contributed by atoms with E-state index in [1.807, 2.05) is 32.0 Å². The maximum absolute atomic E-state index is 12.6. The van der Waals surface area contributed by atoms with Gasteiger partial charge in [0.2, 0.25) is 0 Å². The average molecular weight is 451 g/mol. The quantitative estimate of drug-likeness (QED) is 0.686. The van der Waals surface area contributed by atoms with Crippen molar-refractivity contribution in [1.82, 2.24) is 10.2 Å². The monoisotopic (exact) mass is 450 g/mol. The molecule has 2 aromatic carbocycles. The molecule has 1 fully saturated rings. The normalized spacial score (nSPS) is 17.2. The van der Waals surface area contributed by atoms with Gasteiger partial charge in [0, 0.05) is 44.6 Å². The first-order valence-corrected chi connectivity index (χ1v) is 11.7. The topological polar surface area (TPSA) is 73.9 Å². The number of morpholine rings is 1. The lowest BCUT2D eigenvalue weighted by Crippen LogP contribution is -2.45. The van der Waals surface area contributed by atoms with Gasteiger partial charge < -0.3 is 20.3 Å². The van der Waals surface area contributed by atoms with Crippen molar-refractivity contribution in [3.8, 4) is 0 Å². The molecule has 0 bridgehead atoms. The molecule has 0 aliphatic carbocycles. The fourth-order valence-corrected chi connectivity index (χ4v) is 4.76. The molecule has 1 unspecified atom stereocenters. The highest BCUT2D eigenvalue weighted by Crippen LogP contribution is 2.31. The molecule has 2 heterocycles. The predicted octanol–water partition coefficient (Wildman–Crippen LogP) is 2.81. The van der Waals surface area contributed by atoms with Crippen LogP contribution in [-0.4, -0.2) is 63.2 Å². The van der Waals surface area contributed by atoms with E-state index in [4.69, 9.17) is 4.74 Å². The van der Waals surface area contributed by atoms with Crippen LogP contribution in [0.1, 0.15) is 34.7 Å². The summed E-state index contributed by atoms with van der Waals surface area (Å²) in [5.41, 5.74) is 6.49. The number of nitrogens with zero attached hydrogens (tertiary/aromatic N) is 2. The van der Waals surface area contributed by atoms with E-state index < -0.39 is 11.8 Å².